The Kier molecular flexibility index (Phi) is 5.57. The molecule has 0 aliphatic rings. The summed E-state index contributed by atoms with van der Waals surface area (Å²) in [6.45, 7) is 7.08. The lowest BCUT2D eigenvalue weighted by Crippen LogP contribution is -2.35. The fourth-order valence-corrected chi connectivity index (χ4v) is 2.22. The Morgan fingerprint density at radius 1 is 1.08 bits per heavy atom. The molecule has 4 nitrogen and oxygen atoms in total. The normalized spacial score (nSPS) is 11.4. The van der Waals surface area contributed by atoms with E-state index in [-0.39, 0.29) is 17.4 Å². The molecular formula is C19H21FO4. The van der Waals surface area contributed by atoms with E-state index in [2.05, 4.69) is 0 Å². The molecule has 0 radical (unpaired) electrons. The van der Waals surface area contributed by atoms with Gasteiger partial charge in [-0.25, -0.2) is 9.18 Å². The average molecular weight is 332 g/mol. The van der Waals surface area contributed by atoms with Crippen LogP contribution in [0, 0.1) is 5.82 Å². The van der Waals surface area contributed by atoms with Gasteiger partial charge in [-0.2, -0.15) is 0 Å². The van der Waals surface area contributed by atoms with Gasteiger partial charge < -0.3 is 14.2 Å². The molecule has 0 fully saturated rings. The van der Waals surface area contributed by atoms with Crippen molar-refractivity contribution in [3.05, 3.63) is 59.9 Å². The van der Waals surface area contributed by atoms with E-state index in [4.69, 9.17) is 14.2 Å². The van der Waals surface area contributed by atoms with Crippen LogP contribution in [0.3, 0.4) is 0 Å². The molecule has 2 rings (SSSR count). The number of carbonyl (C=O) groups is 1. The second-order valence-corrected chi connectivity index (χ2v) is 6.02. The molecule has 2 aromatic rings. The molecule has 0 aliphatic carbocycles. The van der Waals surface area contributed by atoms with Gasteiger partial charge in [-0.3, -0.25) is 0 Å². The third-order valence-electron chi connectivity index (χ3n) is 3.00. The number of ether oxygens (including phenoxy) is 3. The summed E-state index contributed by atoms with van der Waals surface area (Å²) in [6.07, 6.45) is -0.0886. The second-order valence-electron chi connectivity index (χ2n) is 6.02. The van der Waals surface area contributed by atoms with Crippen LogP contribution in [0.2, 0.25) is 0 Å². The highest BCUT2D eigenvalue weighted by Crippen LogP contribution is 2.26. The summed E-state index contributed by atoms with van der Waals surface area (Å²) in [6, 6.07) is 12.5. The molecule has 0 amide bonds. The van der Waals surface area contributed by atoms with Crippen molar-refractivity contribution in [1.82, 2.24) is 0 Å². The highest BCUT2D eigenvalue weighted by atomic mass is 19.1. The van der Waals surface area contributed by atoms with Crippen LogP contribution in [0.1, 0.15) is 38.1 Å². The first-order valence-electron chi connectivity index (χ1n) is 7.70. The molecule has 0 unspecified atom stereocenters. The van der Waals surface area contributed by atoms with Gasteiger partial charge in [-0.05, 0) is 44.2 Å². The van der Waals surface area contributed by atoms with E-state index in [0.717, 1.165) is 0 Å². The lowest BCUT2D eigenvalue weighted by molar-refractivity contribution is -0.180. The van der Waals surface area contributed by atoms with Crippen LogP contribution in [0.4, 0.5) is 4.39 Å². The molecule has 0 aliphatic heterocycles. The van der Waals surface area contributed by atoms with E-state index in [1.165, 1.54) is 18.2 Å². The highest BCUT2D eigenvalue weighted by Gasteiger charge is 2.24. The first kappa shape index (κ1) is 17.9. The number of para-hydroxylation sites is 1. The van der Waals surface area contributed by atoms with Crippen LogP contribution >= 0.6 is 0 Å². The van der Waals surface area contributed by atoms with Gasteiger partial charge in [-0.1, -0.05) is 18.2 Å². The first-order chi connectivity index (χ1) is 11.3. The number of esters is 1. The maximum Gasteiger partial charge on any atom is 0.343 e. The quantitative estimate of drug-likeness (QED) is 0.441. The SMILES string of the molecule is CC(C)OC(C)(C)Oc1cc(C(=O)Oc2ccccc2)ccc1F. The zero-order chi connectivity index (χ0) is 17.7. The molecule has 24 heavy (non-hydrogen) atoms. The minimum atomic E-state index is -1.03. The van der Waals surface area contributed by atoms with Crippen molar-refractivity contribution < 1.29 is 23.4 Å². The van der Waals surface area contributed by atoms with Crippen LogP contribution in [0.5, 0.6) is 11.5 Å². The summed E-state index contributed by atoms with van der Waals surface area (Å²) < 4.78 is 30.4. The Morgan fingerprint density at radius 3 is 2.38 bits per heavy atom. The minimum Gasteiger partial charge on any atom is -0.460 e. The van der Waals surface area contributed by atoms with Crippen molar-refractivity contribution in [2.45, 2.75) is 39.6 Å². The maximum absolute atomic E-state index is 14.0. The van der Waals surface area contributed by atoms with E-state index in [0.29, 0.717) is 5.75 Å². The van der Waals surface area contributed by atoms with E-state index in [1.54, 1.807) is 38.1 Å². The Hall–Kier alpha value is -2.40. The number of carbonyl (C=O) groups excluding carboxylic acids is 1. The summed E-state index contributed by atoms with van der Waals surface area (Å²) in [5.41, 5.74) is 0.190. The van der Waals surface area contributed by atoms with Gasteiger partial charge >= 0.3 is 5.97 Å². The highest BCUT2D eigenvalue weighted by molar-refractivity contribution is 5.91. The van der Waals surface area contributed by atoms with Gasteiger partial charge in [0.15, 0.2) is 11.6 Å². The predicted octanol–water partition coefficient (Wildman–Crippen LogP) is 4.58. The summed E-state index contributed by atoms with van der Waals surface area (Å²) >= 11 is 0. The van der Waals surface area contributed by atoms with Gasteiger partial charge in [0, 0.05) is 13.8 Å². The van der Waals surface area contributed by atoms with Gasteiger partial charge in [0.25, 0.3) is 0 Å². The van der Waals surface area contributed by atoms with Crippen molar-refractivity contribution in [2.24, 2.45) is 0 Å². The number of hydrogen-bond acceptors (Lipinski definition) is 4. The largest absolute Gasteiger partial charge is 0.460 e. The van der Waals surface area contributed by atoms with Crippen LogP contribution in [0.15, 0.2) is 48.5 Å². The van der Waals surface area contributed by atoms with Crippen LogP contribution in [0.25, 0.3) is 0 Å². The van der Waals surface area contributed by atoms with E-state index in [1.807, 2.05) is 19.9 Å². The second kappa shape index (κ2) is 7.45. The minimum absolute atomic E-state index is 0.0665. The van der Waals surface area contributed by atoms with Crippen molar-refractivity contribution >= 4 is 5.97 Å². The Labute approximate surface area is 141 Å². The number of rotatable bonds is 6. The van der Waals surface area contributed by atoms with Crippen molar-refractivity contribution in [3.8, 4) is 11.5 Å². The van der Waals surface area contributed by atoms with Gasteiger partial charge in [0.05, 0.1) is 11.7 Å². The molecule has 0 saturated carbocycles. The summed E-state index contributed by atoms with van der Waals surface area (Å²) in [5.74, 6) is -1.85. The first-order valence-corrected chi connectivity index (χ1v) is 7.70. The van der Waals surface area contributed by atoms with Gasteiger partial charge in [0.1, 0.15) is 5.75 Å². The van der Waals surface area contributed by atoms with Crippen LogP contribution < -0.4 is 9.47 Å². The van der Waals surface area contributed by atoms with Gasteiger partial charge in [-0.15, -0.1) is 0 Å². The van der Waals surface area contributed by atoms with Crippen molar-refractivity contribution in [3.63, 3.8) is 0 Å². The smallest absolute Gasteiger partial charge is 0.343 e. The molecule has 0 saturated heterocycles. The molecule has 0 N–H and O–H groups in total. The lowest BCUT2D eigenvalue weighted by atomic mass is 10.2. The molecule has 0 atom stereocenters. The van der Waals surface area contributed by atoms with Crippen molar-refractivity contribution in [1.29, 1.82) is 0 Å². The van der Waals surface area contributed by atoms with Crippen LogP contribution in [-0.4, -0.2) is 17.9 Å². The predicted molar refractivity (Wildman–Crippen MR) is 88.7 cm³/mol. The zero-order valence-corrected chi connectivity index (χ0v) is 14.2. The summed E-state index contributed by atoms with van der Waals surface area (Å²) in [4.78, 5) is 12.2. The maximum atomic E-state index is 14.0. The molecule has 128 valence electrons. The van der Waals surface area contributed by atoms with E-state index in [9.17, 15) is 9.18 Å². The molecule has 0 heterocycles. The monoisotopic (exact) mass is 332 g/mol. The molecule has 0 spiro atoms. The Balaban J connectivity index is 2.17. The van der Waals surface area contributed by atoms with Crippen LogP contribution in [-0.2, 0) is 4.74 Å². The zero-order valence-electron chi connectivity index (χ0n) is 14.2. The fourth-order valence-electron chi connectivity index (χ4n) is 2.22. The number of hydrogen-bond donors (Lipinski definition) is 0. The Morgan fingerprint density at radius 2 is 1.75 bits per heavy atom. The third-order valence-corrected chi connectivity index (χ3v) is 3.00. The molecule has 2 aromatic carbocycles. The summed E-state index contributed by atoms with van der Waals surface area (Å²) in [7, 11) is 0. The van der Waals surface area contributed by atoms with E-state index >= 15 is 0 Å². The molecule has 5 heteroatoms. The summed E-state index contributed by atoms with van der Waals surface area (Å²) in [5, 5.41) is 0. The standard InChI is InChI=1S/C19H21FO4/c1-13(2)23-19(3,4)24-17-12-14(10-11-16(17)20)18(21)22-15-8-6-5-7-9-15/h5-13H,1-4H3. The lowest BCUT2D eigenvalue weighted by Gasteiger charge is -2.29. The number of halogens is 1. The van der Waals surface area contributed by atoms with Gasteiger partial charge in [0.2, 0.25) is 5.79 Å². The number of benzene rings is 2. The Bertz CT molecular complexity index is 696. The van der Waals surface area contributed by atoms with Crippen molar-refractivity contribution in [2.75, 3.05) is 0 Å². The molecular weight excluding hydrogens is 311 g/mol. The topological polar surface area (TPSA) is 44.8 Å². The fraction of sp³-hybridized carbons (Fsp3) is 0.316. The molecule has 0 aromatic heterocycles. The third kappa shape index (κ3) is 5.06. The molecule has 0 bridgehead atoms. The average Bonchev–Trinajstić information content (AvgIpc) is 2.48. The van der Waals surface area contributed by atoms with E-state index < -0.39 is 17.6 Å².